The Morgan fingerprint density at radius 1 is 1.11 bits per heavy atom. The summed E-state index contributed by atoms with van der Waals surface area (Å²) >= 11 is 0. The van der Waals surface area contributed by atoms with Gasteiger partial charge < -0.3 is 9.47 Å². The van der Waals surface area contributed by atoms with E-state index in [0.29, 0.717) is 5.56 Å². The lowest BCUT2D eigenvalue weighted by molar-refractivity contribution is -0.0547. The molecule has 0 heterocycles. The van der Waals surface area contributed by atoms with Crippen LogP contribution < -0.4 is 14.9 Å². The van der Waals surface area contributed by atoms with E-state index in [1.54, 1.807) is 19.1 Å². The van der Waals surface area contributed by atoms with Crippen LogP contribution in [-0.2, 0) is 6.54 Å². The van der Waals surface area contributed by atoms with Crippen molar-refractivity contribution in [1.82, 2.24) is 10.4 Å². The van der Waals surface area contributed by atoms with Crippen molar-refractivity contribution in [2.75, 3.05) is 14.1 Å². The summed E-state index contributed by atoms with van der Waals surface area (Å²) in [6.07, 6.45) is 0. The molecule has 1 aromatic carbocycles. The molecule has 1 rings (SSSR count). The number of rotatable bonds is 7. The molecule has 0 radical (unpaired) electrons. The Kier molecular flexibility index (Phi) is 5.84. The first-order valence-corrected chi connectivity index (χ1v) is 5.32. The molecule has 4 nitrogen and oxygen atoms in total. The van der Waals surface area contributed by atoms with Crippen LogP contribution in [0.4, 0.5) is 17.6 Å². The topological polar surface area (TPSA) is 33.7 Å². The Bertz CT molecular complexity index is 402. The van der Waals surface area contributed by atoms with E-state index in [1.165, 1.54) is 12.1 Å². The highest BCUT2D eigenvalue weighted by Crippen LogP contribution is 2.27. The molecule has 19 heavy (non-hydrogen) atoms. The molecule has 0 saturated heterocycles. The van der Waals surface area contributed by atoms with Crippen LogP contribution in [0.5, 0.6) is 11.5 Å². The molecular formula is C11H14F4N2O2. The molecule has 0 fully saturated rings. The SMILES string of the molecule is CN(C)NCc1ccc(OC(F)F)cc1OC(F)F. The number of hydrogen-bond acceptors (Lipinski definition) is 4. The van der Waals surface area contributed by atoms with Crippen LogP contribution in [0, 0.1) is 0 Å². The summed E-state index contributed by atoms with van der Waals surface area (Å²) in [5.74, 6) is -0.443. The Hall–Kier alpha value is -1.54. The van der Waals surface area contributed by atoms with E-state index in [1.807, 2.05) is 0 Å². The smallest absolute Gasteiger partial charge is 0.387 e. The van der Waals surface area contributed by atoms with Crippen LogP contribution >= 0.6 is 0 Å². The molecule has 0 saturated carbocycles. The molecule has 0 aromatic heterocycles. The highest BCUT2D eigenvalue weighted by atomic mass is 19.3. The van der Waals surface area contributed by atoms with Gasteiger partial charge in [-0.05, 0) is 6.07 Å². The number of ether oxygens (including phenoxy) is 2. The van der Waals surface area contributed by atoms with Crippen molar-refractivity contribution in [2.24, 2.45) is 0 Å². The number of halogens is 4. The van der Waals surface area contributed by atoms with E-state index in [4.69, 9.17) is 0 Å². The normalized spacial score (nSPS) is 11.4. The molecule has 0 aliphatic heterocycles. The summed E-state index contributed by atoms with van der Waals surface area (Å²) in [6.45, 7) is -5.85. The fourth-order valence-electron chi connectivity index (χ4n) is 1.31. The maximum absolute atomic E-state index is 12.3. The van der Waals surface area contributed by atoms with Gasteiger partial charge in [-0.1, -0.05) is 6.07 Å². The molecule has 1 N–H and O–H groups in total. The lowest BCUT2D eigenvalue weighted by Crippen LogP contribution is -2.29. The molecule has 0 atom stereocenters. The monoisotopic (exact) mass is 282 g/mol. The van der Waals surface area contributed by atoms with Crippen molar-refractivity contribution in [2.45, 2.75) is 19.8 Å². The molecule has 0 amide bonds. The average molecular weight is 282 g/mol. The third-order valence-electron chi connectivity index (χ3n) is 2.07. The van der Waals surface area contributed by atoms with E-state index < -0.39 is 13.2 Å². The molecule has 0 aliphatic carbocycles. The predicted molar refractivity (Wildman–Crippen MR) is 60.2 cm³/mol. The van der Waals surface area contributed by atoms with Crippen LogP contribution in [-0.4, -0.2) is 32.3 Å². The first-order chi connectivity index (χ1) is 8.88. The Labute approximate surface area is 107 Å². The van der Waals surface area contributed by atoms with Crippen molar-refractivity contribution in [3.8, 4) is 11.5 Å². The third kappa shape index (κ3) is 5.75. The van der Waals surface area contributed by atoms with Gasteiger partial charge in [0.2, 0.25) is 0 Å². The van der Waals surface area contributed by atoms with Crippen molar-refractivity contribution >= 4 is 0 Å². The van der Waals surface area contributed by atoms with E-state index in [9.17, 15) is 17.6 Å². The average Bonchev–Trinajstić information content (AvgIpc) is 2.26. The second-order valence-corrected chi connectivity index (χ2v) is 3.76. The maximum atomic E-state index is 12.3. The van der Waals surface area contributed by atoms with Gasteiger partial charge in [0.05, 0.1) is 0 Å². The van der Waals surface area contributed by atoms with E-state index in [-0.39, 0.29) is 18.0 Å². The number of alkyl halides is 4. The van der Waals surface area contributed by atoms with Gasteiger partial charge in [0.1, 0.15) is 11.5 Å². The van der Waals surface area contributed by atoms with Gasteiger partial charge in [0, 0.05) is 32.3 Å². The molecule has 0 unspecified atom stereocenters. The van der Waals surface area contributed by atoms with Crippen LogP contribution in [0.15, 0.2) is 18.2 Å². The summed E-state index contributed by atoms with van der Waals surface area (Å²) in [5, 5.41) is 1.62. The summed E-state index contributed by atoms with van der Waals surface area (Å²) in [5.41, 5.74) is 3.25. The van der Waals surface area contributed by atoms with Crippen LogP contribution in [0.3, 0.4) is 0 Å². The van der Waals surface area contributed by atoms with Crippen molar-refractivity contribution in [3.63, 3.8) is 0 Å². The zero-order valence-electron chi connectivity index (χ0n) is 10.4. The summed E-state index contributed by atoms with van der Waals surface area (Å²) in [4.78, 5) is 0. The molecule has 0 bridgehead atoms. The zero-order valence-corrected chi connectivity index (χ0v) is 10.4. The van der Waals surface area contributed by atoms with Crippen molar-refractivity contribution in [3.05, 3.63) is 23.8 Å². The van der Waals surface area contributed by atoms with Crippen molar-refractivity contribution in [1.29, 1.82) is 0 Å². The summed E-state index contributed by atoms with van der Waals surface area (Å²) < 4.78 is 57.0. The third-order valence-corrected chi connectivity index (χ3v) is 2.07. The minimum atomic E-state index is -3.04. The first kappa shape index (κ1) is 15.5. The van der Waals surface area contributed by atoms with E-state index in [2.05, 4.69) is 14.9 Å². The number of nitrogens with zero attached hydrogens (tertiary/aromatic N) is 1. The van der Waals surface area contributed by atoms with Gasteiger partial charge in [-0.3, -0.25) is 10.4 Å². The minimum absolute atomic E-state index is 0.206. The molecule has 108 valence electrons. The van der Waals surface area contributed by atoms with Crippen LogP contribution in [0.25, 0.3) is 0 Å². The van der Waals surface area contributed by atoms with E-state index in [0.717, 1.165) is 6.07 Å². The molecule has 0 aliphatic rings. The lowest BCUT2D eigenvalue weighted by Gasteiger charge is -2.16. The van der Waals surface area contributed by atoms with Gasteiger partial charge in [-0.2, -0.15) is 17.6 Å². The van der Waals surface area contributed by atoms with Gasteiger partial charge in [-0.25, -0.2) is 0 Å². The molecular weight excluding hydrogens is 268 g/mol. The predicted octanol–water partition coefficient (Wildman–Crippen LogP) is 2.46. The van der Waals surface area contributed by atoms with Gasteiger partial charge in [0.15, 0.2) is 0 Å². The van der Waals surface area contributed by atoms with Gasteiger partial charge in [-0.15, -0.1) is 0 Å². The zero-order chi connectivity index (χ0) is 14.4. The van der Waals surface area contributed by atoms with Gasteiger partial charge >= 0.3 is 13.2 Å². The standard InChI is InChI=1S/C11H14F4N2O2/c1-17(2)16-6-7-3-4-8(18-10(12)13)5-9(7)19-11(14)15/h3-5,10-11,16H,6H2,1-2H3. The summed E-state index contributed by atoms with van der Waals surface area (Å²) in [7, 11) is 3.45. The molecule has 1 aromatic rings. The van der Waals surface area contributed by atoms with Gasteiger partial charge in [0.25, 0.3) is 0 Å². The molecule has 8 heteroatoms. The Balaban J connectivity index is 2.88. The number of hydrogen-bond donors (Lipinski definition) is 1. The fourth-order valence-corrected chi connectivity index (χ4v) is 1.31. The Morgan fingerprint density at radius 3 is 2.26 bits per heavy atom. The highest BCUT2D eigenvalue weighted by Gasteiger charge is 2.13. The second kappa shape index (κ2) is 7.15. The minimum Gasteiger partial charge on any atom is -0.435 e. The maximum Gasteiger partial charge on any atom is 0.387 e. The van der Waals surface area contributed by atoms with Crippen molar-refractivity contribution < 1.29 is 27.0 Å². The highest BCUT2D eigenvalue weighted by molar-refractivity contribution is 5.40. The number of benzene rings is 1. The number of nitrogens with one attached hydrogen (secondary N) is 1. The first-order valence-electron chi connectivity index (χ1n) is 5.32. The van der Waals surface area contributed by atoms with Crippen LogP contribution in [0.2, 0.25) is 0 Å². The Morgan fingerprint density at radius 2 is 1.74 bits per heavy atom. The largest absolute Gasteiger partial charge is 0.435 e. The lowest BCUT2D eigenvalue weighted by atomic mass is 10.2. The van der Waals surface area contributed by atoms with E-state index >= 15 is 0 Å². The number of hydrazine groups is 1. The second-order valence-electron chi connectivity index (χ2n) is 3.76. The fraction of sp³-hybridized carbons (Fsp3) is 0.455. The quantitative estimate of drug-likeness (QED) is 0.615. The molecule has 0 spiro atoms. The van der Waals surface area contributed by atoms with Crippen LogP contribution in [0.1, 0.15) is 5.56 Å². The summed E-state index contributed by atoms with van der Waals surface area (Å²) in [6, 6.07) is 3.65.